The minimum atomic E-state index is -0.860. The molecular weight excluding hydrogens is 308 g/mol. The van der Waals surface area contributed by atoms with Crippen molar-refractivity contribution in [3.63, 3.8) is 0 Å². The van der Waals surface area contributed by atoms with Gasteiger partial charge in [-0.2, -0.15) is 0 Å². The number of likely N-dealkylation sites (tertiary alicyclic amines) is 1. The molecule has 6 heteroatoms. The Bertz CT molecular complexity index is 570. The van der Waals surface area contributed by atoms with Crippen LogP contribution in [0.4, 0.5) is 0 Å². The molecule has 130 valence electrons. The molecule has 24 heavy (non-hydrogen) atoms. The second-order valence-electron chi connectivity index (χ2n) is 6.65. The standard InChI is InChI=1S/C18H24N2O4/c21-17(4-1-13-5-9-19-10-6-13)20-11-7-14(8-12-20)15-2-3-16(24-15)18(22)23/h5-6,9-10,14-16H,1-4,7-8,11-12H2,(H,22,23)/t15-,16+/m0/s1. The van der Waals surface area contributed by atoms with Gasteiger partial charge in [-0.1, -0.05) is 0 Å². The summed E-state index contributed by atoms with van der Waals surface area (Å²) in [5.41, 5.74) is 1.13. The first-order valence-corrected chi connectivity index (χ1v) is 8.68. The second kappa shape index (κ2) is 7.75. The Morgan fingerprint density at radius 2 is 1.88 bits per heavy atom. The summed E-state index contributed by atoms with van der Waals surface area (Å²) in [6, 6.07) is 3.88. The van der Waals surface area contributed by atoms with Gasteiger partial charge in [0.15, 0.2) is 6.10 Å². The van der Waals surface area contributed by atoms with Crippen LogP contribution < -0.4 is 0 Å². The zero-order valence-corrected chi connectivity index (χ0v) is 13.8. The van der Waals surface area contributed by atoms with Crippen molar-refractivity contribution in [2.45, 2.75) is 50.7 Å². The average molecular weight is 332 g/mol. The third-order valence-corrected chi connectivity index (χ3v) is 5.12. The number of piperidine rings is 1. The maximum atomic E-state index is 12.3. The number of carbonyl (C=O) groups excluding carboxylic acids is 1. The van der Waals surface area contributed by atoms with Gasteiger partial charge in [0.25, 0.3) is 0 Å². The van der Waals surface area contributed by atoms with Crippen LogP contribution in [-0.2, 0) is 20.7 Å². The zero-order valence-electron chi connectivity index (χ0n) is 13.8. The molecule has 2 fully saturated rings. The highest BCUT2D eigenvalue weighted by Gasteiger charge is 2.37. The first-order chi connectivity index (χ1) is 11.6. The predicted molar refractivity (Wildman–Crippen MR) is 87.4 cm³/mol. The Balaban J connectivity index is 1.42. The van der Waals surface area contributed by atoms with E-state index >= 15 is 0 Å². The second-order valence-corrected chi connectivity index (χ2v) is 6.65. The lowest BCUT2D eigenvalue weighted by Crippen LogP contribution is -2.41. The number of ether oxygens (including phenoxy) is 1. The highest BCUT2D eigenvalue weighted by Crippen LogP contribution is 2.32. The highest BCUT2D eigenvalue weighted by molar-refractivity contribution is 5.76. The lowest BCUT2D eigenvalue weighted by molar-refractivity contribution is -0.151. The molecule has 2 saturated heterocycles. The summed E-state index contributed by atoms with van der Waals surface area (Å²) in [5, 5.41) is 9.02. The van der Waals surface area contributed by atoms with Crippen molar-refractivity contribution in [1.29, 1.82) is 0 Å². The molecule has 0 aromatic carbocycles. The summed E-state index contributed by atoms with van der Waals surface area (Å²) < 4.78 is 5.65. The van der Waals surface area contributed by atoms with Crippen LogP contribution in [0.3, 0.4) is 0 Å². The number of carboxylic acids is 1. The molecule has 1 aromatic heterocycles. The van der Waals surface area contributed by atoms with E-state index in [1.165, 1.54) is 0 Å². The van der Waals surface area contributed by atoms with Crippen LogP contribution in [0.2, 0.25) is 0 Å². The fourth-order valence-corrected chi connectivity index (χ4v) is 3.67. The first-order valence-electron chi connectivity index (χ1n) is 8.68. The normalized spacial score (nSPS) is 24.9. The van der Waals surface area contributed by atoms with E-state index in [1.54, 1.807) is 12.4 Å². The van der Waals surface area contributed by atoms with Crippen molar-refractivity contribution in [1.82, 2.24) is 9.88 Å². The summed E-state index contributed by atoms with van der Waals surface area (Å²) in [6.07, 6.45) is 7.38. The molecule has 0 spiro atoms. The fourth-order valence-electron chi connectivity index (χ4n) is 3.67. The van der Waals surface area contributed by atoms with E-state index in [2.05, 4.69) is 4.98 Å². The average Bonchev–Trinajstić information content (AvgIpc) is 3.11. The summed E-state index contributed by atoms with van der Waals surface area (Å²) >= 11 is 0. The zero-order chi connectivity index (χ0) is 16.9. The number of nitrogens with zero attached hydrogens (tertiary/aromatic N) is 2. The fraction of sp³-hybridized carbons (Fsp3) is 0.611. The molecule has 2 aliphatic heterocycles. The largest absolute Gasteiger partial charge is 0.479 e. The number of hydrogen-bond donors (Lipinski definition) is 1. The minimum absolute atomic E-state index is 0.0418. The number of aryl methyl sites for hydroxylation is 1. The number of carboxylic acid groups (broad SMARTS) is 1. The number of rotatable bonds is 5. The molecule has 0 aliphatic carbocycles. The summed E-state index contributed by atoms with van der Waals surface area (Å²) in [5.74, 6) is -0.291. The van der Waals surface area contributed by atoms with E-state index in [0.717, 1.165) is 44.3 Å². The van der Waals surface area contributed by atoms with E-state index in [9.17, 15) is 9.59 Å². The maximum Gasteiger partial charge on any atom is 0.332 e. The van der Waals surface area contributed by atoms with Crippen molar-refractivity contribution in [2.75, 3.05) is 13.1 Å². The summed E-state index contributed by atoms with van der Waals surface area (Å²) in [7, 11) is 0. The molecule has 0 bridgehead atoms. The van der Waals surface area contributed by atoms with Crippen LogP contribution in [0.5, 0.6) is 0 Å². The van der Waals surface area contributed by atoms with Gasteiger partial charge in [0.05, 0.1) is 6.10 Å². The third-order valence-electron chi connectivity index (χ3n) is 5.12. The molecular formula is C18H24N2O4. The van der Waals surface area contributed by atoms with Crippen molar-refractivity contribution in [2.24, 2.45) is 5.92 Å². The van der Waals surface area contributed by atoms with Crippen LogP contribution in [0.1, 0.15) is 37.7 Å². The van der Waals surface area contributed by atoms with Gasteiger partial charge < -0.3 is 14.7 Å². The third kappa shape index (κ3) is 4.12. The van der Waals surface area contributed by atoms with Crippen molar-refractivity contribution in [3.05, 3.63) is 30.1 Å². The van der Waals surface area contributed by atoms with Crippen molar-refractivity contribution < 1.29 is 19.4 Å². The predicted octanol–water partition coefficient (Wildman–Crippen LogP) is 1.88. The van der Waals surface area contributed by atoms with Gasteiger partial charge in [-0.25, -0.2) is 4.79 Å². The molecule has 2 atom stereocenters. The van der Waals surface area contributed by atoms with E-state index in [4.69, 9.17) is 9.84 Å². The summed E-state index contributed by atoms with van der Waals surface area (Å²) in [4.78, 5) is 29.2. The Kier molecular flexibility index (Phi) is 5.45. The van der Waals surface area contributed by atoms with E-state index in [1.807, 2.05) is 17.0 Å². The molecule has 0 unspecified atom stereocenters. The highest BCUT2D eigenvalue weighted by atomic mass is 16.5. The minimum Gasteiger partial charge on any atom is -0.479 e. The van der Waals surface area contributed by atoms with E-state index in [-0.39, 0.29) is 12.0 Å². The SMILES string of the molecule is O=C(O)[C@H]1CC[C@@H](C2CCN(C(=O)CCc3ccncc3)CC2)O1. The first kappa shape index (κ1) is 16.9. The quantitative estimate of drug-likeness (QED) is 0.890. The molecule has 1 amide bonds. The van der Waals surface area contributed by atoms with Crippen molar-refractivity contribution in [3.8, 4) is 0 Å². The van der Waals surface area contributed by atoms with Gasteiger partial charge in [0, 0.05) is 31.9 Å². The van der Waals surface area contributed by atoms with Crippen LogP contribution in [-0.4, -0.2) is 52.2 Å². The number of aliphatic carboxylic acids is 1. The van der Waals surface area contributed by atoms with Crippen LogP contribution >= 0.6 is 0 Å². The topological polar surface area (TPSA) is 79.7 Å². The molecule has 1 N–H and O–H groups in total. The molecule has 0 radical (unpaired) electrons. The monoisotopic (exact) mass is 332 g/mol. The molecule has 2 aliphatic rings. The Morgan fingerprint density at radius 1 is 1.17 bits per heavy atom. The molecule has 3 rings (SSSR count). The van der Waals surface area contributed by atoms with E-state index in [0.29, 0.717) is 18.8 Å². The Morgan fingerprint density at radius 3 is 2.50 bits per heavy atom. The van der Waals surface area contributed by atoms with Crippen LogP contribution in [0.25, 0.3) is 0 Å². The van der Waals surface area contributed by atoms with Gasteiger partial charge in [-0.3, -0.25) is 9.78 Å². The van der Waals surface area contributed by atoms with E-state index < -0.39 is 12.1 Å². The maximum absolute atomic E-state index is 12.3. The molecule has 6 nitrogen and oxygen atoms in total. The molecule has 1 aromatic rings. The van der Waals surface area contributed by atoms with Crippen molar-refractivity contribution >= 4 is 11.9 Å². The number of amides is 1. The number of hydrogen-bond acceptors (Lipinski definition) is 4. The van der Waals surface area contributed by atoms with Gasteiger partial charge >= 0.3 is 5.97 Å². The molecule has 0 saturated carbocycles. The van der Waals surface area contributed by atoms with Gasteiger partial charge in [-0.05, 0) is 55.7 Å². The Labute approximate surface area is 141 Å². The lowest BCUT2D eigenvalue weighted by atomic mass is 9.89. The number of carbonyl (C=O) groups is 2. The molecule has 3 heterocycles. The number of aromatic nitrogens is 1. The van der Waals surface area contributed by atoms with Crippen LogP contribution in [0, 0.1) is 5.92 Å². The Hall–Kier alpha value is -1.95. The smallest absolute Gasteiger partial charge is 0.332 e. The van der Waals surface area contributed by atoms with Gasteiger partial charge in [-0.15, -0.1) is 0 Å². The van der Waals surface area contributed by atoms with Gasteiger partial charge in [0.1, 0.15) is 0 Å². The lowest BCUT2D eigenvalue weighted by Gasteiger charge is -2.34. The number of pyridine rings is 1. The van der Waals surface area contributed by atoms with Crippen LogP contribution in [0.15, 0.2) is 24.5 Å². The van der Waals surface area contributed by atoms with Gasteiger partial charge in [0.2, 0.25) is 5.91 Å². The summed E-state index contributed by atoms with van der Waals surface area (Å²) in [6.45, 7) is 1.49.